The van der Waals surface area contributed by atoms with Crippen LogP contribution in [0, 0.1) is 23.0 Å². The fourth-order valence-electron chi connectivity index (χ4n) is 8.99. The summed E-state index contributed by atoms with van der Waals surface area (Å²) >= 11 is 0. The van der Waals surface area contributed by atoms with Crippen molar-refractivity contribution in [2.45, 2.75) is 31.4 Å². The lowest BCUT2D eigenvalue weighted by molar-refractivity contribution is -0.134. The van der Waals surface area contributed by atoms with Crippen molar-refractivity contribution in [1.82, 2.24) is 29.0 Å². The number of amides is 2. The molecule has 4 aliphatic heterocycles. The van der Waals surface area contributed by atoms with Crippen LogP contribution in [0.15, 0.2) is 83.9 Å². The number of alkyl halides is 1. The lowest BCUT2D eigenvalue weighted by Crippen LogP contribution is -2.51. The van der Waals surface area contributed by atoms with E-state index in [-0.39, 0.29) is 60.4 Å². The summed E-state index contributed by atoms with van der Waals surface area (Å²) < 4.78 is 80.3. The van der Waals surface area contributed by atoms with Crippen molar-refractivity contribution < 1.29 is 35.9 Å². The molecule has 4 saturated heterocycles. The van der Waals surface area contributed by atoms with Crippen LogP contribution in [0.25, 0.3) is 16.6 Å². The highest BCUT2D eigenvalue weighted by molar-refractivity contribution is 7.90. The normalized spacial score (nSPS) is 20.1. The van der Waals surface area contributed by atoms with Gasteiger partial charge in [0.15, 0.2) is 11.6 Å². The van der Waals surface area contributed by atoms with Crippen LogP contribution in [0.3, 0.4) is 0 Å². The summed E-state index contributed by atoms with van der Waals surface area (Å²) in [4.78, 5) is 51.3. The van der Waals surface area contributed by atoms with Gasteiger partial charge in [-0.15, -0.1) is 0 Å². The van der Waals surface area contributed by atoms with Crippen molar-refractivity contribution >= 4 is 50.0 Å². The lowest BCUT2D eigenvalue weighted by atomic mass is 9.90. The molecule has 16 nitrogen and oxygen atoms in total. The zero-order valence-corrected chi connectivity index (χ0v) is 36.7. The molecule has 4 aliphatic rings. The SMILES string of the molecule is N#Cc1c(NS(=O)(=O)N2CC[C@@H](F)C2)ccc(F)c1Oc1ccc2ncn(-c3ccc(N4CCN(CCN5CCN(c6ccc(C7CCC(=O)NC7=O)cc6F)CC5)CC4)cc3)c(=O)c2c1. The minimum atomic E-state index is -4.24. The number of imide groups is 1. The number of benzene rings is 4. The Balaban J connectivity index is 0.779. The van der Waals surface area contributed by atoms with Gasteiger partial charge in [-0.05, 0) is 85.1 Å². The number of anilines is 3. The average molecular weight is 925 g/mol. The predicted octanol–water partition coefficient (Wildman–Crippen LogP) is 4.49. The van der Waals surface area contributed by atoms with Crippen LogP contribution in [0.5, 0.6) is 11.5 Å². The number of piperidine rings is 1. The van der Waals surface area contributed by atoms with Crippen molar-refractivity contribution in [3.63, 3.8) is 0 Å². The molecule has 2 N–H and O–H groups in total. The average Bonchev–Trinajstić information content (AvgIpc) is 3.77. The number of nitrogens with zero attached hydrogens (tertiary/aromatic N) is 8. The molecule has 20 heteroatoms. The molecule has 1 aromatic heterocycles. The summed E-state index contributed by atoms with van der Waals surface area (Å²) in [6.07, 6.45) is 0.780. The molecule has 66 heavy (non-hydrogen) atoms. The predicted molar refractivity (Wildman–Crippen MR) is 241 cm³/mol. The second kappa shape index (κ2) is 18.8. The van der Waals surface area contributed by atoms with Crippen molar-refractivity contribution in [3.8, 4) is 23.3 Å². The Morgan fingerprint density at radius 3 is 2.15 bits per heavy atom. The Morgan fingerprint density at radius 2 is 1.50 bits per heavy atom. The van der Waals surface area contributed by atoms with Gasteiger partial charge in [-0.2, -0.15) is 18.0 Å². The molecule has 9 rings (SSSR count). The molecular weight excluding hydrogens is 878 g/mol. The molecular formula is C46H47F3N10O6S. The van der Waals surface area contributed by atoms with E-state index in [9.17, 15) is 32.5 Å². The fourth-order valence-corrected chi connectivity index (χ4v) is 10.3. The van der Waals surface area contributed by atoms with Gasteiger partial charge >= 0.3 is 10.2 Å². The van der Waals surface area contributed by atoms with Crippen LogP contribution in [-0.2, 0) is 19.8 Å². The molecule has 5 heterocycles. The van der Waals surface area contributed by atoms with E-state index in [1.165, 1.54) is 35.2 Å². The van der Waals surface area contributed by atoms with Gasteiger partial charge < -0.3 is 14.5 Å². The summed E-state index contributed by atoms with van der Waals surface area (Å²) in [6, 6.07) is 20.8. The largest absolute Gasteiger partial charge is 0.453 e. The maximum atomic E-state index is 15.3. The van der Waals surface area contributed by atoms with Crippen molar-refractivity contribution in [2.75, 3.05) is 93.1 Å². The standard InChI is InChI=1S/C46H47F3N10O6S/c47-31-13-14-58(28-31)66(63,64)53-41-10-8-38(48)44(37(41)27-50)65-34-6-9-40-36(26-34)46(62)59(29-51-40)33-4-2-32(3-5-33)56-21-17-54(18-22-56)15-16-55-19-23-57(24-20-55)42-11-1-30(25-39(42)49)35-7-12-43(60)52-45(35)61/h1-6,8-11,25-26,29,31,35,53H,7,12-24,28H2,(H,52,60,61)/t31-,35?/m1/s1. The molecule has 4 aromatic carbocycles. The van der Waals surface area contributed by atoms with E-state index in [1.54, 1.807) is 18.2 Å². The summed E-state index contributed by atoms with van der Waals surface area (Å²) in [7, 11) is -4.24. The van der Waals surface area contributed by atoms with Gasteiger partial charge in [-0.1, -0.05) is 6.07 Å². The number of ether oxygens (including phenoxy) is 1. The molecule has 2 amide bonds. The molecule has 344 valence electrons. The highest BCUT2D eigenvalue weighted by Gasteiger charge is 2.33. The minimum Gasteiger partial charge on any atom is -0.453 e. The molecule has 0 radical (unpaired) electrons. The number of nitriles is 1. The van der Waals surface area contributed by atoms with E-state index in [1.807, 2.05) is 29.2 Å². The molecule has 5 aromatic rings. The van der Waals surface area contributed by atoms with Gasteiger partial charge in [0.2, 0.25) is 11.8 Å². The van der Waals surface area contributed by atoms with E-state index in [0.717, 1.165) is 74.5 Å². The van der Waals surface area contributed by atoms with E-state index >= 15 is 8.78 Å². The Kier molecular flexibility index (Phi) is 12.7. The summed E-state index contributed by atoms with van der Waals surface area (Å²) in [5.74, 6) is -3.03. The van der Waals surface area contributed by atoms with Crippen LogP contribution < -0.4 is 30.1 Å². The smallest absolute Gasteiger partial charge is 0.301 e. The number of halogens is 3. The number of rotatable bonds is 12. The van der Waals surface area contributed by atoms with Crippen molar-refractivity contribution in [1.29, 1.82) is 5.26 Å². The number of piperazine rings is 2. The zero-order chi connectivity index (χ0) is 46.1. The van der Waals surface area contributed by atoms with E-state index in [4.69, 9.17) is 4.74 Å². The number of hydrogen-bond acceptors (Lipinski definition) is 12. The van der Waals surface area contributed by atoms with Crippen LogP contribution >= 0.6 is 0 Å². The van der Waals surface area contributed by atoms with Crippen molar-refractivity contribution in [3.05, 3.63) is 112 Å². The number of carbonyl (C=O) groups is 2. The fraction of sp³-hybridized carbons (Fsp3) is 0.370. The van der Waals surface area contributed by atoms with Crippen LogP contribution in [0.2, 0.25) is 0 Å². The molecule has 4 fully saturated rings. The lowest BCUT2D eigenvalue weighted by Gasteiger charge is -2.39. The first-order valence-corrected chi connectivity index (χ1v) is 23.3. The highest BCUT2D eigenvalue weighted by Crippen LogP contribution is 2.35. The molecule has 0 bridgehead atoms. The van der Waals surface area contributed by atoms with Crippen LogP contribution in [0.4, 0.5) is 30.2 Å². The third-order valence-electron chi connectivity index (χ3n) is 12.8. The molecule has 0 spiro atoms. The maximum Gasteiger partial charge on any atom is 0.301 e. The first kappa shape index (κ1) is 44.7. The Bertz CT molecular complexity index is 2880. The van der Waals surface area contributed by atoms with Gasteiger partial charge in [0.25, 0.3) is 5.56 Å². The van der Waals surface area contributed by atoms with Gasteiger partial charge in [0.1, 0.15) is 35.7 Å². The third-order valence-corrected chi connectivity index (χ3v) is 14.3. The summed E-state index contributed by atoms with van der Waals surface area (Å²) in [5, 5.41) is 12.5. The minimum absolute atomic E-state index is 0.0100. The monoisotopic (exact) mass is 924 g/mol. The van der Waals surface area contributed by atoms with E-state index < -0.39 is 45.0 Å². The highest BCUT2D eigenvalue weighted by atomic mass is 32.2. The Labute approximate surface area is 378 Å². The van der Waals surface area contributed by atoms with E-state index in [0.29, 0.717) is 42.0 Å². The third kappa shape index (κ3) is 9.42. The number of nitrogens with one attached hydrogen (secondary N) is 2. The van der Waals surface area contributed by atoms with Gasteiger partial charge in [0, 0.05) is 90.6 Å². The van der Waals surface area contributed by atoms with Crippen molar-refractivity contribution in [2.24, 2.45) is 0 Å². The van der Waals surface area contributed by atoms with Gasteiger partial charge in [-0.3, -0.25) is 38.8 Å². The second-order valence-electron chi connectivity index (χ2n) is 16.9. The topological polar surface area (TPSA) is 176 Å². The number of carbonyl (C=O) groups excluding carboxylic acids is 2. The van der Waals surface area contributed by atoms with E-state index in [2.05, 4.69) is 29.7 Å². The molecule has 2 atom stereocenters. The van der Waals surface area contributed by atoms with Crippen LogP contribution in [-0.4, -0.2) is 129 Å². The maximum absolute atomic E-state index is 15.3. The second-order valence-corrected chi connectivity index (χ2v) is 18.5. The molecule has 1 unspecified atom stereocenters. The number of fused-ring (bicyclic) bond motifs is 1. The first-order chi connectivity index (χ1) is 31.8. The van der Waals surface area contributed by atoms with Gasteiger partial charge in [-0.25, -0.2) is 18.2 Å². The first-order valence-electron chi connectivity index (χ1n) is 21.9. The Hall–Kier alpha value is -6.53. The quantitative estimate of drug-likeness (QED) is 0.168. The van der Waals surface area contributed by atoms with Gasteiger partial charge in [0.05, 0.1) is 33.9 Å². The Morgan fingerprint density at radius 1 is 0.803 bits per heavy atom. The summed E-state index contributed by atoms with van der Waals surface area (Å²) in [5.41, 5.74) is 1.96. The molecule has 0 saturated carbocycles. The summed E-state index contributed by atoms with van der Waals surface area (Å²) in [6.45, 7) is 7.83. The zero-order valence-electron chi connectivity index (χ0n) is 35.8. The molecule has 0 aliphatic carbocycles. The number of hydrogen-bond donors (Lipinski definition) is 2. The van der Waals surface area contributed by atoms with Crippen LogP contribution in [0.1, 0.15) is 36.3 Å². The number of aromatic nitrogens is 2.